The monoisotopic (exact) mass is 252 g/mol. The summed E-state index contributed by atoms with van der Waals surface area (Å²) in [6.45, 7) is 0. The van der Waals surface area contributed by atoms with E-state index in [1.54, 1.807) is 24.3 Å². The molecule has 0 radical (unpaired) electrons. The number of aromatic carboxylic acids is 1. The van der Waals surface area contributed by atoms with Gasteiger partial charge in [0.1, 0.15) is 0 Å². The Morgan fingerprint density at radius 1 is 1.05 bits per heavy atom. The van der Waals surface area contributed by atoms with Crippen LogP contribution in [0.3, 0.4) is 0 Å². The minimum absolute atomic E-state index is 0.271. The van der Waals surface area contributed by atoms with Gasteiger partial charge in [-0.25, -0.2) is 4.79 Å². The predicted octanol–water partition coefficient (Wildman–Crippen LogP) is 2.91. The van der Waals surface area contributed by atoms with Crippen LogP contribution in [0.4, 0.5) is 5.69 Å². The van der Waals surface area contributed by atoms with Crippen LogP contribution in [0.15, 0.2) is 54.7 Å². The van der Waals surface area contributed by atoms with Gasteiger partial charge < -0.3 is 15.4 Å². The molecule has 0 spiro atoms. The first-order valence-corrected chi connectivity index (χ1v) is 5.86. The normalized spacial score (nSPS) is 10.7. The van der Waals surface area contributed by atoms with Gasteiger partial charge in [-0.3, -0.25) is 0 Å². The van der Waals surface area contributed by atoms with Crippen LogP contribution >= 0.6 is 0 Å². The number of carboxylic acid groups (broad SMARTS) is 1. The van der Waals surface area contributed by atoms with Gasteiger partial charge in [0.15, 0.2) is 0 Å². The number of fused-ring (bicyclic) bond motifs is 1. The molecule has 4 heteroatoms. The summed E-state index contributed by atoms with van der Waals surface area (Å²) in [4.78, 5) is 10.8. The Kier molecular flexibility index (Phi) is 2.49. The highest BCUT2D eigenvalue weighted by Gasteiger charge is 2.08. The number of hydrogen-bond acceptors (Lipinski definition) is 2. The molecule has 0 saturated heterocycles. The fraction of sp³-hybridized carbons (Fsp3) is 0. The average molecular weight is 252 g/mol. The molecule has 0 aliphatic heterocycles. The van der Waals surface area contributed by atoms with Gasteiger partial charge in [0.2, 0.25) is 0 Å². The van der Waals surface area contributed by atoms with Gasteiger partial charge in [-0.2, -0.15) is 0 Å². The summed E-state index contributed by atoms with van der Waals surface area (Å²) in [5.41, 5.74) is 8.85. The van der Waals surface area contributed by atoms with Crippen molar-refractivity contribution in [2.24, 2.45) is 0 Å². The Morgan fingerprint density at radius 3 is 2.42 bits per heavy atom. The molecule has 0 unspecified atom stereocenters. The van der Waals surface area contributed by atoms with Crippen molar-refractivity contribution in [3.8, 4) is 5.69 Å². The standard InChI is InChI=1S/C15H12N2O2/c16-13-9-17(14-4-2-1-3-12(13)14)11-7-5-10(6-8-11)15(18)19/h1-9H,16H2,(H,18,19). The number of carboxylic acids is 1. The van der Waals surface area contributed by atoms with Gasteiger partial charge in [-0.1, -0.05) is 18.2 Å². The lowest BCUT2D eigenvalue weighted by Gasteiger charge is -2.05. The van der Waals surface area contributed by atoms with Crippen LogP contribution in [-0.2, 0) is 0 Å². The van der Waals surface area contributed by atoms with E-state index in [1.807, 2.05) is 35.0 Å². The molecular formula is C15H12N2O2. The second-order valence-corrected chi connectivity index (χ2v) is 4.32. The van der Waals surface area contributed by atoms with Gasteiger partial charge >= 0.3 is 5.97 Å². The summed E-state index contributed by atoms with van der Waals surface area (Å²) >= 11 is 0. The van der Waals surface area contributed by atoms with Crippen molar-refractivity contribution < 1.29 is 9.90 Å². The minimum Gasteiger partial charge on any atom is -0.478 e. The highest BCUT2D eigenvalue weighted by Crippen LogP contribution is 2.26. The molecule has 4 nitrogen and oxygen atoms in total. The van der Waals surface area contributed by atoms with Crippen LogP contribution in [0.1, 0.15) is 10.4 Å². The molecule has 0 amide bonds. The fourth-order valence-corrected chi connectivity index (χ4v) is 2.18. The molecule has 19 heavy (non-hydrogen) atoms. The first-order chi connectivity index (χ1) is 9.16. The molecule has 3 aromatic rings. The van der Waals surface area contributed by atoms with E-state index in [2.05, 4.69) is 0 Å². The van der Waals surface area contributed by atoms with E-state index >= 15 is 0 Å². The minimum atomic E-state index is -0.927. The molecule has 3 rings (SSSR count). The van der Waals surface area contributed by atoms with E-state index in [0.29, 0.717) is 5.69 Å². The molecule has 0 atom stereocenters. The van der Waals surface area contributed by atoms with Crippen molar-refractivity contribution in [2.45, 2.75) is 0 Å². The Bertz CT molecular complexity index is 757. The van der Waals surface area contributed by atoms with Crippen molar-refractivity contribution in [2.75, 3.05) is 5.73 Å². The van der Waals surface area contributed by atoms with Gasteiger partial charge in [0, 0.05) is 17.3 Å². The maximum absolute atomic E-state index is 10.8. The highest BCUT2D eigenvalue weighted by molar-refractivity contribution is 5.93. The molecule has 0 bridgehead atoms. The fourth-order valence-electron chi connectivity index (χ4n) is 2.18. The summed E-state index contributed by atoms with van der Waals surface area (Å²) in [7, 11) is 0. The number of para-hydroxylation sites is 1. The summed E-state index contributed by atoms with van der Waals surface area (Å²) in [6.07, 6.45) is 1.85. The van der Waals surface area contributed by atoms with E-state index in [1.165, 1.54) is 0 Å². The summed E-state index contributed by atoms with van der Waals surface area (Å²) in [5, 5.41) is 9.89. The van der Waals surface area contributed by atoms with E-state index in [4.69, 9.17) is 10.8 Å². The number of nitrogens with two attached hydrogens (primary N) is 1. The maximum atomic E-state index is 10.8. The van der Waals surface area contributed by atoms with Crippen LogP contribution < -0.4 is 5.73 Å². The van der Waals surface area contributed by atoms with Crippen molar-refractivity contribution in [3.05, 3.63) is 60.3 Å². The highest BCUT2D eigenvalue weighted by atomic mass is 16.4. The van der Waals surface area contributed by atoms with Gasteiger partial charge in [-0.15, -0.1) is 0 Å². The zero-order chi connectivity index (χ0) is 13.4. The molecule has 2 aromatic carbocycles. The Labute approximate surface area is 109 Å². The number of nitrogen functional groups attached to an aromatic ring is 1. The lowest BCUT2D eigenvalue weighted by Crippen LogP contribution is -1.97. The zero-order valence-electron chi connectivity index (χ0n) is 10.1. The number of aromatic nitrogens is 1. The van der Waals surface area contributed by atoms with Crippen LogP contribution in [0, 0.1) is 0 Å². The first-order valence-electron chi connectivity index (χ1n) is 5.86. The number of nitrogens with zero attached hydrogens (tertiary/aromatic N) is 1. The SMILES string of the molecule is Nc1cn(-c2ccc(C(=O)O)cc2)c2ccccc12. The molecule has 0 aliphatic rings. The lowest BCUT2D eigenvalue weighted by atomic mass is 10.2. The van der Waals surface area contributed by atoms with Gasteiger partial charge in [-0.05, 0) is 30.3 Å². The number of hydrogen-bond donors (Lipinski definition) is 2. The largest absolute Gasteiger partial charge is 0.478 e. The molecule has 1 heterocycles. The average Bonchev–Trinajstić information content (AvgIpc) is 2.77. The lowest BCUT2D eigenvalue weighted by molar-refractivity contribution is 0.0697. The Morgan fingerprint density at radius 2 is 1.74 bits per heavy atom. The molecular weight excluding hydrogens is 240 g/mol. The van der Waals surface area contributed by atoms with Crippen LogP contribution in [0.25, 0.3) is 16.6 Å². The van der Waals surface area contributed by atoms with E-state index in [-0.39, 0.29) is 5.56 Å². The summed E-state index contributed by atoms with van der Waals surface area (Å²) < 4.78 is 1.95. The third-order valence-electron chi connectivity index (χ3n) is 3.14. The second-order valence-electron chi connectivity index (χ2n) is 4.32. The molecule has 1 aromatic heterocycles. The van der Waals surface area contributed by atoms with Crippen molar-refractivity contribution in [1.29, 1.82) is 0 Å². The molecule has 0 saturated carbocycles. The third kappa shape index (κ3) is 1.83. The van der Waals surface area contributed by atoms with Crippen molar-refractivity contribution in [1.82, 2.24) is 4.57 Å². The number of anilines is 1. The van der Waals surface area contributed by atoms with Crippen LogP contribution in [0.2, 0.25) is 0 Å². The Balaban J connectivity index is 2.16. The first kappa shape index (κ1) is 11.3. The number of benzene rings is 2. The molecule has 0 fully saturated rings. The topological polar surface area (TPSA) is 68.2 Å². The second kappa shape index (κ2) is 4.17. The maximum Gasteiger partial charge on any atom is 0.335 e. The van der Waals surface area contributed by atoms with Crippen molar-refractivity contribution in [3.63, 3.8) is 0 Å². The quantitative estimate of drug-likeness (QED) is 0.736. The van der Waals surface area contributed by atoms with Gasteiger partial charge in [0.05, 0.1) is 16.8 Å². The van der Waals surface area contributed by atoms with Crippen LogP contribution in [0.5, 0.6) is 0 Å². The van der Waals surface area contributed by atoms with Gasteiger partial charge in [0.25, 0.3) is 0 Å². The molecule has 3 N–H and O–H groups in total. The van der Waals surface area contributed by atoms with E-state index < -0.39 is 5.97 Å². The predicted molar refractivity (Wildman–Crippen MR) is 74.6 cm³/mol. The Hall–Kier alpha value is -2.75. The van der Waals surface area contributed by atoms with E-state index in [9.17, 15) is 4.79 Å². The molecule has 0 aliphatic carbocycles. The van der Waals surface area contributed by atoms with E-state index in [0.717, 1.165) is 16.6 Å². The van der Waals surface area contributed by atoms with Crippen molar-refractivity contribution >= 4 is 22.6 Å². The summed E-state index contributed by atoms with van der Waals surface area (Å²) in [6, 6.07) is 14.6. The molecule has 94 valence electrons. The van der Waals surface area contributed by atoms with Crippen LogP contribution in [-0.4, -0.2) is 15.6 Å². The summed E-state index contributed by atoms with van der Waals surface area (Å²) in [5.74, 6) is -0.927. The third-order valence-corrected chi connectivity index (χ3v) is 3.14. The number of rotatable bonds is 2. The smallest absolute Gasteiger partial charge is 0.335 e. The number of carbonyl (C=O) groups is 1. The zero-order valence-corrected chi connectivity index (χ0v) is 10.1.